The lowest BCUT2D eigenvalue weighted by molar-refractivity contribution is 0.0612. The van der Waals surface area contributed by atoms with Gasteiger partial charge in [-0.25, -0.2) is 0 Å². The van der Waals surface area contributed by atoms with Crippen molar-refractivity contribution in [2.45, 2.75) is 12.8 Å². The molecule has 0 aromatic heterocycles. The van der Waals surface area contributed by atoms with Crippen LogP contribution in [0.25, 0.3) is 0 Å². The fourth-order valence-electron chi connectivity index (χ4n) is 2.37. The minimum Gasteiger partial charge on any atom is -0.384 e. The molecule has 1 aliphatic rings. The Balaban J connectivity index is 2.03. The molecule has 1 saturated heterocycles. The number of rotatable bonds is 3. The van der Waals surface area contributed by atoms with Crippen LogP contribution in [0.4, 0.5) is 0 Å². The van der Waals surface area contributed by atoms with Gasteiger partial charge in [-0.3, -0.25) is 4.79 Å². The second kappa shape index (κ2) is 7.04. The Kier molecular flexibility index (Phi) is 5.65. The Labute approximate surface area is 136 Å². The molecule has 104 valence electrons. The maximum Gasteiger partial charge on any atom is 0.254 e. The Morgan fingerprint density at radius 2 is 2.16 bits per heavy atom. The third-order valence-electron chi connectivity index (χ3n) is 3.46. The molecule has 1 heterocycles. The number of ether oxygens (including phenoxy) is 1. The van der Waals surface area contributed by atoms with E-state index >= 15 is 0 Å². The first-order chi connectivity index (χ1) is 9.11. The molecule has 0 aliphatic carbocycles. The lowest BCUT2D eigenvalue weighted by Crippen LogP contribution is -2.39. The van der Waals surface area contributed by atoms with Crippen LogP contribution in [0.1, 0.15) is 23.2 Å². The first-order valence-corrected chi connectivity index (χ1v) is 8.22. The maximum absolute atomic E-state index is 12.5. The molecule has 0 radical (unpaired) electrons. The molecule has 1 aromatic carbocycles. The Morgan fingerprint density at radius 1 is 1.47 bits per heavy atom. The highest BCUT2D eigenvalue weighted by Gasteiger charge is 2.24. The van der Waals surface area contributed by atoms with Gasteiger partial charge in [0.2, 0.25) is 0 Å². The van der Waals surface area contributed by atoms with Gasteiger partial charge in [0.15, 0.2) is 0 Å². The van der Waals surface area contributed by atoms with Gasteiger partial charge in [0.05, 0.1) is 5.56 Å². The second-order valence-electron chi connectivity index (χ2n) is 4.82. The van der Waals surface area contributed by atoms with E-state index in [9.17, 15) is 4.79 Å². The van der Waals surface area contributed by atoms with E-state index in [0.29, 0.717) is 5.92 Å². The minimum atomic E-state index is 0.140. The molecule has 5 heteroatoms. The summed E-state index contributed by atoms with van der Waals surface area (Å²) in [5.41, 5.74) is 0.792. The summed E-state index contributed by atoms with van der Waals surface area (Å²) in [6.07, 6.45) is 2.06. The van der Waals surface area contributed by atoms with Crippen molar-refractivity contribution in [3.05, 3.63) is 31.8 Å². The molecular formula is C14H17BrINO2. The van der Waals surface area contributed by atoms with Gasteiger partial charge in [-0.05, 0) is 59.5 Å². The highest BCUT2D eigenvalue weighted by Crippen LogP contribution is 2.23. The summed E-state index contributed by atoms with van der Waals surface area (Å²) in [6.45, 7) is 2.46. The van der Waals surface area contributed by atoms with Crippen LogP contribution in [0, 0.1) is 9.49 Å². The predicted molar refractivity (Wildman–Crippen MR) is 87.4 cm³/mol. The molecule has 3 nitrogen and oxygen atoms in total. The van der Waals surface area contributed by atoms with Gasteiger partial charge in [0.25, 0.3) is 5.91 Å². The number of nitrogens with zero attached hydrogens (tertiary/aromatic N) is 1. The zero-order valence-electron chi connectivity index (χ0n) is 10.9. The molecular weight excluding hydrogens is 421 g/mol. The van der Waals surface area contributed by atoms with Crippen molar-refractivity contribution in [1.82, 2.24) is 4.90 Å². The number of hydrogen-bond acceptors (Lipinski definition) is 2. The van der Waals surface area contributed by atoms with Crippen molar-refractivity contribution in [2.75, 3.05) is 26.8 Å². The van der Waals surface area contributed by atoms with Crippen molar-refractivity contribution in [2.24, 2.45) is 5.92 Å². The van der Waals surface area contributed by atoms with E-state index in [1.54, 1.807) is 7.11 Å². The fraction of sp³-hybridized carbons (Fsp3) is 0.500. The van der Waals surface area contributed by atoms with E-state index in [2.05, 4.69) is 38.5 Å². The van der Waals surface area contributed by atoms with E-state index in [1.165, 1.54) is 0 Å². The zero-order chi connectivity index (χ0) is 13.8. The summed E-state index contributed by atoms with van der Waals surface area (Å²) in [4.78, 5) is 14.5. The van der Waals surface area contributed by atoms with Crippen LogP contribution in [-0.4, -0.2) is 37.6 Å². The number of halogens is 2. The first-order valence-electron chi connectivity index (χ1n) is 6.35. The van der Waals surface area contributed by atoms with Crippen LogP contribution >= 0.6 is 38.5 Å². The maximum atomic E-state index is 12.5. The third kappa shape index (κ3) is 3.92. The number of piperidine rings is 1. The predicted octanol–water partition coefficient (Wildman–Crippen LogP) is 3.55. The van der Waals surface area contributed by atoms with Gasteiger partial charge in [-0.1, -0.05) is 15.9 Å². The molecule has 0 atom stereocenters. The molecule has 1 amide bonds. The van der Waals surface area contributed by atoms with Crippen molar-refractivity contribution in [3.63, 3.8) is 0 Å². The highest BCUT2D eigenvalue weighted by atomic mass is 127. The number of carbonyl (C=O) groups excluding carboxylic acids is 1. The summed E-state index contributed by atoms with van der Waals surface area (Å²) in [5.74, 6) is 0.734. The summed E-state index contributed by atoms with van der Waals surface area (Å²) < 4.78 is 7.14. The van der Waals surface area contributed by atoms with Crippen molar-refractivity contribution < 1.29 is 9.53 Å². The number of likely N-dealkylation sites (tertiary alicyclic amines) is 1. The van der Waals surface area contributed by atoms with Gasteiger partial charge in [0, 0.05) is 34.8 Å². The standard InChI is InChI=1S/C14H17BrINO2/c1-19-9-10-4-6-17(7-5-10)14(18)12-8-11(15)2-3-13(12)16/h2-3,8,10H,4-7,9H2,1H3. The molecule has 19 heavy (non-hydrogen) atoms. The molecule has 1 aliphatic heterocycles. The van der Waals surface area contributed by atoms with Crippen LogP contribution in [0.15, 0.2) is 22.7 Å². The van der Waals surface area contributed by atoms with E-state index in [-0.39, 0.29) is 5.91 Å². The topological polar surface area (TPSA) is 29.5 Å². The van der Waals surface area contributed by atoms with Crippen LogP contribution in [-0.2, 0) is 4.74 Å². The van der Waals surface area contributed by atoms with E-state index in [1.807, 2.05) is 23.1 Å². The molecule has 0 spiro atoms. The number of benzene rings is 1. The minimum absolute atomic E-state index is 0.140. The van der Waals surface area contributed by atoms with E-state index in [4.69, 9.17) is 4.74 Å². The SMILES string of the molecule is COCC1CCN(C(=O)c2cc(Br)ccc2I)CC1. The lowest BCUT2D eigenvalue weighted by atomic mass is 9.97. The normalized spacial score (nSPS) is 16.7. The molecule has 0 bridgehead atoms. The van der Waals surface area contributed by atoms with E-state index < -0.39 is 0 Å². The first kappa shape index (κ1) is 15.3. The van der Waals surface area contributed by atoms with Gasteiger partial charge in [-0.15, -0.1) is 0 Å². The summed E-state index contributed by atoms with van der Waals surface area (Å²) in [5, 5.41) is 0. The highest BCUT2D eigenvalue weighted by molar-refractivity contribution is 14.1. The average Bonchev–Trinajstić information content (AvgIpc) is 2.42. The summed E-state index contributed by atoms with van der Waals surface area (Å²) >= 11 is 5.65. The molecule has 0 saturated carbocycles. The monoisotopic (exact) mass is 437 g/mol. The quantitative estimate of drug-likeness (QED) is 0.676. The van der Waals surface area contributed by atoms with Gasteiger partial charge < -0.3 is 9.64 Å². The van der Waals surface area contributed by atoms with Crippen LogP contribution in [0.2, 0.25) is 0 Å². The number of hydrogen-bond donors (Lipinski definition) is 0. The van der Waals surface area contributed by atoms with Gasteiger partial charge in [-0.2, -0.15) is 0 Å². The van der Waals surface area contributed by atoms with E-state index in [0.717, 1.165) is 46.1 Å². The Hall–Kier alpha value is -0.140. The molecule has 0 unspecified atom stereocenters. The summed E-state index contributed by atoms with van der Waals surface area (Å²) in [7, 11) is 1.74. The molecule has 0 N–H and O–H groups in total. The number of methoxy groups -OCH3 is 1. The van der Waals surface area contributed by atoms with Crippen molar-refractivity contribution in [3.8, 4) is 0 Å². The number of carbonyl (C=O) groups is 1. The molecule has 2 rings (SSSR count). The third-order valence-corrected chi connectivity index (χ3v) is 4.90. The second-order valence-corrected chi connectivity index (χ2v) is 6.89. The molecule has 1 fully saturated rings. The smallest absolute Gasteiger partial charge is 0.254 e. The van der Waals surface area contributed by atoms with Crippen LogP contribution in [0.5, 0.6) is 0 Å². The van der Waals surface area contributed by atoms with Gasteiger partial charge >= 0.3 is 0 Å². The van der Waals surface area contributed by atoms with Crippen molar-refractivity contribution in [1.29, 1.82) is 0 Å². The fourth-order valence-corrected chi connectivity index (χ4v) is 3.30. The summed E-state index contributed by atoms with van der Waals surface area (Å²) in [6, 6.07) is 5.84. The van der Waals surface area contributed by atoms with Crippen LogP contribution in [0.3, 0.4) is 0 Å². The lowest BCUT2D eigenvalue weighted by Gasteiger charge is -2.32. The van der Waals surface area contributed by atoms with Crippen LogP contribution < -0.4 is 0 Å². The number of amides is 1. The van der Waals surface area contributed by atoms with Crippen molar-refractivity contribution >= 4 is 44.4 Å². The average molecular weight is 438 g/mol. The Morgan fingerprint density at radius 3 is 2.79 bits per heavy atom. The molecule has 1 aromatic rings. The Bertz CT molecular complexity index is 459. The largest absolute Gasteiger partial charge is 0.384 e. The van der Waals surface area contributed by atoms with Gasteiger partial charge in [0.1, 0.15) is 0 Å². The zero-order valence-corrected chi connectivity index (χ0v) is 14.6.